The van der Waals surface area contributed by atoms with Crippen molar-refractivity contribution in [3.63, 3.8) is 0 Å². The van der Waals surface area contributed by atoms with Crippen molar-refractivity contribution >= 4 is 11.8 Å². The molecule has 3 fully saturated rings. The molecule has 1 N–H and O–H groups in total. The molecule has 2 amide bonds. The van der Waals surface area contributed by atoms with Crippen LogP contribution in [0.3, 0.4) is 0 Å². The van der Waals surface area contributed by atoms with Gasteiger partial charge in [0.15, 0.2) is 0 Å². The largest absolute Gasteiger partial charge is 0.340 e. The van der Waals surface area contributed by atoms with Crippen LogP contribution in [0.1, 0.15) is 25.1 Å². The Hall–Kier alpha value is -1.96. The van der Waals surface area contributed by atoms with E-state index in [2.05, 4.69) is 20.1 Å². The van der Waals surface area contributed by atoms with E-state index in [1.807, 2.05) is 9.80 Å². The first-order chi connectivity index (χ1) is 11.2. The third-order valence-electron chi connectivity index (χ3n) is 5.02. The Morgan fingerprint density at radius 2 is 2.04 bits per heavy atom. The van der Waals surface area contributed by atoms with E-state index in [0.29, 0.717) is 19.0 Å². The molecule has 8 nitrogen and oxygen atoms in total. The molecule has 1 aromatic heterocycles. The Morgan fingerprint density at radius 3 is 2.70 bits per heavy atom. The lowest BCUT2D eigenvalue weighted by Gasteiger charge is -2.35. The van der Waals surface area contributed by atoms with Gasteiger partial charge in [0.2, 0.25) is 11.8 Å². The van der Waals surface area contributed by atoms with E-state index >= 15 is 0 Å². The fourth-order valence-corrected chi connectivity index (χ4v) is 3.54. The Morgan fingerprint density at radius 1 is 1.26 bits per heavy atom. The van der Waals surface area contributed by atoms with Crippen molar-refractivity contribution < 1.29 is 9.59 Å². The summed E-state index contributed by atoms with van der Waals surface area (Å²) in [7, 11) is 0. The van der Waals surface area contributed by atoms with Crippen molar-refractivity contribution in [1.29, 1.82) is 0 Å². The number of piperazine rings is 1. The highest BCUT2D eigenvalue weighted by Gasteiger charge is 2.43. The van der Waals surface area contributed by atoms with E-state index in [9.17, 15) is 9.59 Å². The molecule has 3 aliphatic rings. The highest BCUT2D eigenvalue weighted by atomic mass is 16.2. The monoisotopic (exact) mass is 318 g/mol. The quantitative estimate of drug-likeness (QED) is 0.806. The number of amides is 2. The number of hydrogen-bond donors (Lipinski definition) is 1. The lowest BCUT2D eigenvalue weighted by molar-refractivity contribution is -0.137. The number of likely N-dealkylation sites (tertiary alicyclic amines) is 1. The molecule has 1 aromatic rings. The van der Waals surface area contributed by atoms with Crippen LogP contribution in [0.2, 0.25) is 0 Å². The van der Waals surface area contributed by atoms with Crippen LogP contribution in [0.5, 0.6) is 0 Å². The van der Waals surface area contributed by atoms with Gasteiger partial charge in [-0.1, -0.05) is 0 Å². The van der Waals surface area contributed by atoms with Crippen LogP contribution in [-0.2, 0) is 16.1 Å². The van der Waals surface area contributed by atoms with E-state index in [1.54, 1.807) is 0 Å². The van der Waals surface area contributed by atoms with Gasteiger partial charge in [-0.3, -0.25) is 19.6 Å². The number of carbonyl (C=O) groups is 2. The summed E-state index contributed by atoms with van der Waals surface area (Å²) >= 11 is 0. The van der Waals surface area contributed by atoms with Crippen LogP contribution >= 0.6 is 0 Å². The summed E-state index contributed by atoms with van der Waals surface area (Å²) in [6, 6.07) is 0.416. The molecule has 0 aromatic carbocycles. The summed E-state index contributed by atoms with van der Waals surface area (Å²) in [6.45, 7) is 4.47. The third kappa shape index (κ3) is 3.08. The number of H-pyrrole nitrogens is 1. The molecule has 3 heterocycles. The Bertz CT molecular complexity index is 577. The molecule has 4 rings (SSSR count). The predicted octanol–water partition coefficient (Wildman–Crippen LogP) is -0.540. The number of hydrogen-bond acceptors (Lipinski definition) is 5. The minimum Gasteiger partial charge on any atom is -0.340 e. The summed E-state index contributed by atoms with van der Waals surface area (Å²) in [5.74, 6) is 1.03. The first kappa shape index (κ1) is 14.6. The van der Waals surface area contributed by atoms with Gasteiger partial charge < -0.3 is 9.80 Å². The number of nitrogens with one attached hydrogen (secondary N) is 1. The van der Waals surface area contributed by atoms with Crippen LogP contribution < -0.4 is 0 Å². The van der Waals surface area contributed by atoms with Gasteiger partial charge in [-0.05, 0) is 12.8 Å². The number of rotatable bonds is 4. The zero-order valence-electron chi connectivity index (χ0n) is 13.1. The molecule has 1 saturated carbocycles. The summed E-state index contributed by atoms with van der Waals surface area (Å²) in [4.78, 5) is 34.9. The van der Waals surface area contributed by atoms with E-state index in [0.717, 1.165) is 51.4 Å². The van der Waals surface area contributed by atoms with Gasteiger partial charge in [-0.15, -0.1) is 0 Å². The van der Waals surface area contributed by atoms with Crippen molar-refractivity contribution in [2.24, 2.45) is 5.92 Å². The summed E-state index contributed by atoms with van der Waals surface area (Å²) in [6.07, 6.45) is 4.12. The second-order valence-electron chi connectivity index (χ2n) is 6.71. The zero-order valence-corrected chi connectivity index (χ0v) is 13.1. The van der Waals surface area contributed by atoms with Crippen LogP contribution in [0.15, 0.2) is 6.33 Å². The Kier molecular flexibility index (Phi) is 3.76. The van der Waals surface area contributed by atoms with Crippen LogP contribution in [0.25, 0.3) is 0 Å². The number of carbonyl (C=O) groups excluding carboxylic acids is 2. The highest BCUT2D eigenvalue weighted by Crippen LogP contribution is 2.33. The maximum absolute atomic E-state index is 12.7. The molecule has 1 aliphatic carbocycles. The summed E-state index contributed by atoms with van der Waals surface area (Å²) in [5.41, 5.74) is 0. The number of aromatic nitrogens is 3. The SMILES string of the molecule is O=C(C1CC(=O)N(C2CC2)C1)N1CCN(Cc2ncn[nH]2)CC1. The molecule has 0 bridgehead atoms. The van der Waals surface area contributed by atoms with Gasteiger partial charge >= 0.3 is 0 Å². The van der Waals surface area contributed by atoms with Crippen LogP contribution in [0, 0.1) is 5.92 Å². The normalized spacial score (nSPS) is 26.1. The molecule has 0 spiro atoms. The van der Waals surface area contributed by atoms with Crippen molar-refractivity contribution in [2.75, 3.05) is 32.7 Å². The van der Waals surface area contributed by atoms with Crippen LogP contribution in [0.4, 0.5) is 0 Å². The maximum Gasteiger partial charge on any atom is 0.228 e. The van der Waals surface area contributed by atoms with Gasteiger partial charge in [-0.25, -0.2) is 4.98 Å². The zero-order chi connectivity index (χ0) is 15.8. The van der Waals surface area contributed by atoms with Crippen molar-refractivity contribution in [2.45, 2.75) is 31.8 Å². The van der Waals surface area contributed by atoms with E-state index in [4.69, 9.17) is 0 Å². The lowest BCUT2D eigenvalue weighted by atomic mass is 10.1. The fraction of sp³-hybridized carbons (Fsp3) is 0.733. The Labute approximate surface area is 134 Å². The van der Waals surface area contributed by atoms with Gasteiger partial charge in [0, 0.05) is 45.2 Å². The molecule has 2 aliphatic heterocycles. The first-order valence-electron chi connectivity index (χ1n) is 8.35. The molecule has 0 radical (unpaired) electrons. The minimum atomic E-state index is -0.135. The summed E-state index contributed by atoms with van der Waals surface area (Å²) < 4.78 is 0. The first-order valence-corrected chi connectivity index (χ1v) is 8.35. The third-order valence-corrected chi connectivity index (χ3v) is 5.02. The minimum absolute atomic E-state index is 0.135. The predicted molar refractivity (Wildman–Crippen MR) is 81.1 cm³/mol. The van der Waals surface area contributed by atoms with Crippen LogP contribution in [-0.4, -0.2) is 80.5 Å². The van der Waals surface area contributed by atoms with Gasteiger partial charge in [-0.2, -0.15) is 5.10 Å². The smallest absolute Gasteiger partial charge is 0.228 e. The second kappa shape index (κ2) is 5.92. The Balaban J connectivity index is 1.28. The topological polar surface area (TPSA) is 85.4 Å². The average Bonchev–Trinajstić information content (AvgIpc) is 3.13. The second-order valence-corrected chi connectivity index (χ2v) is 6.71. The van der Waals surface area contributed by atoms with Gasteiger partial charge in [0.1, 0.15) is 12.2 Å². The molecule has 1 atom stereocenters. The van der Waals surface area contributed by atoms with Crippen molar-refractivity contribution in [1.82, 2.24) is 29.9 Å². The van der Waals surface area contributed by atoms with E-state index in [1.165, 1.54) is 6.33 Å². The molecular weight excluding hydrogens is 296 g/mol. The molecule has 1 unspecified atom stereocenters. The van der Waals surface area contributed by atoms with E-state index in [-0.39, 0.29) is 17.7 Å². The molecule has 8 heteroatoms. The molecule has 124 valence electrons. The fourth-order valence-electron chi connectivity index (χ4n) is 3.54. The maximum atomic E-state index is 12.7. The molecule has 2 saturated heterocycles. The standard InChI is InChI=1S/C15H22N6O2/c22-14-7-11(8-21(14)12-1-2-12)15(23)20-5-3-19(4-6-20)9-13-16-10-17-18-13/h10-12H,1-9H2,(H,16,17,18). The van der Waals surface area contributed by atoms with Crippen molar-refractivity contribution in [3.8, 4) is 0 Å². The van der Waals surface area contributed by atoms with Gasteiger partial charge in [0.25, 0.3) is 0 Å². The van der Waals surface area contributed by atoms with Gasteiger partial charge in [0.05, 0.1) is 12.5 Å². The molecular formula is C15H22N6O2. The molecule has 23 heavy (non-hydrogen) atoms. The average molecular weight is 318 g/mol. The van der Waals surface area contributed by atoms with E-state index < -0.39 is 0 Å². The highest BCUT2D eigenvalue weighted by molar-refractivity contribution is 5.89. The van der Waals surface area contributed by atoms with Crippen molar-refractivity contribution in [3.05, 3.63) is 12.2 Å². The number of nitrogens with zero attached hydrogens (tertiary/aromatic N) is 5. The number of aromatic amines is 1. The summed E-state index contributed by atoms with van der Waals surface area (Å²) in [5, 5.41) is 6.72. The lowest BCUT2D eigenvalue weighted by Crippen LogP contribution is -2.50.